The molecule has 0 amide bonds. The van der Waals surface area contributed by atoms with Crippen LogP contribution in [-0.2, 0) is 13.7 Å². The van der Waals surface area contributed by atoms with E-state index in [-0.39, 0.29) is 0 Å². The first-order valence-electron chi connectivity index (χ1n) is 4.95. The highest BCUT2D eigenvalue weighted by Crippen LogP contribution is 2.23. The smallest absolute Gasteiger partial charge is 0.157 e. The molecule has 0 atom stereocenters. The van der Waals surface area contributed by atoms with Gasteiger partial charge >= 0.3 is 0 Å². The van der Waals surface area contributed by atoms with Crippen molar-refractivity contribution in [2.24, 2.45) is 7.05 Å². The van der Waals surface area contributed by atoms with Crippen molar-refractivity contribution in [2.45, 2.75) is 6.61 Å². The fourth-order valence-corrected chi connectivity index (χ4v) is 1.85. The second-order valence-electron chi connectivity index (χ2n) is 3.54. The van der Waals surface area contributed by atoms with Gasteiger partial charge in [-0.1, -0.05) is 22.0 Å². The van der Waals surface area contributed by atoms with Crippen LogP contribution in [0.1, 0.15) is 5.56 Å². The molecule has 6 heteroatoms. The molecule has 0 bridgehead atoms. The molecule has 0 fully saturated rings. The SMILES string of the molecule is Cn1cc(OCc2ccc(NF)cc2Br)cn1. The minimum atomic E-state index is 0.402. The van der Waals surface area contributed by atoms with Crippen LogP contribution in [0.25, 0.3) is 0 Å². The van der Waals surface area contributed by atoms with Crippen molar-refractivity contribution in [1.29, 1.82) is 0 Å². The van der Waals surface area contributed by atoms with Crippen LogP contribution >= 0.6 is 15.9 Å². The summed E-state index contributed by atoms with van der Waals surface area (Å²) in [5.41, 5.74) is 2.93. The summed E-state index contributed by atoms with van der Waals surface area (Å²) in [6, 6.07) is 5.09. The third-order valence-electron chi connectivity index (χ3n) is 2.24. The topological polar surface area (TPSA) is 39.1 Å². The van der Waals surface area contributed by atoms with E-state index in [1.54, 1.807) is 40.8 Å². The lowest BCUT2D eigenvalue weighted by molar-refractivity contribution is 0.305. The van der Waals surface area contributed by atoms with Crippen LogP contribution in [0.5, 0.6) is 5.75 Å². The second kappa shape index (κ2) is 5.18. The molecule has 1 aromatic heterocycles. The molecular weight excluding hydrogens is 289 g/mol. The number of hydrogen-bond donors (Lipinski definition) is 1. The van der Waals surface area contributed by atoms with E-state index in [0.717, 1.165) is 10.0 Å². The molecule has 0 aliphatic rings. The van der Waals surface area contributed by atoms with Gasteiger partial charge in [0, 0.05) is 17.1 Å². The lowest BCUT2D eigenvalue weighted by Gasteiger charge is -2.07. The van der Waals surface area contributed by atoms with E-state index in [2.05, 4.69) is 21.0 Å². The monoisotopic (exact) mass is 299 g/mol. The Bertz CT molecular complexity index is 515. The minimum Gasteiger partial charge on any atom is -0.486 e. The van der Waals surface area contributed by atoms with Gasteiger partial charge in [-0.2, -0.15) is 5.10 Å². The quantitative estimate of drug-likeness (QED) is 0.882. The van der Waals surface area contributed by atoms with E-state index in [1.807, 2.05) is 7.05 Å². The summed E-state index contributed by atoms with van der Waals surface area (Å²) in [5.74, 6) is 0.701. The van der Waals surface area contributed by atoms with E-state index >= 15 is 0 Å². The molecule has 0 spiro atoms. The predicted molar refractivity (Wildman–Crippen MR) is 66.4 cm³/mol. The van der Waals surface area contributed by atoms with Gasteiger partial charge in [0.25, 0.3) is 0 Å². The van der Waals surface area contributed by atoms with Gasteiger partial charge in [-0.25, -0.2) is 5.54 Å². The number of nitrogens with zero attached hydrogens (tertiary/aromatic N) is 2. The summed E-state index contributed by atoms with van der Waals surface area (Å²) in [4.78, 5) is 0. The molecular formula is C11H11BrFN3O. The van der Waals surface area contributed by atoms with E-state index in [1.165, 1.54) is 0 Å². The molecule has 0 unspecified atom stereocenters. The molecule has 2 aromatic rings. The summed E-state index contributed by atoms with van der Waals surface area (Å²) < 4.78 is 20.2. The largest absolute Gasteiger partial charge is 0.486 e. The van der Waals surface area contributed by atoms with Crippen molar-refractivity contribution in [1.82, 2.24) is 9.78 Å². The summed E-state index contributed by atoms with van der Waals surface area (Å²) in [6.07, 6.45) is 3.43. The van der Waals surface area contributed by atoms with Crippen LogP contribution in [0.15, 0.2) is 35.1 Å². The van der Waals surface area contributed by atoms with E-state index < -0.39 is 0 Å². The maximum atomic E-state index is 12.2. The molecule has 0 aliphatic carbocycles. The van der Waals surface area contributed by atoms with Crippen molar-refractivity contribution in [3.63, 3.8) is 0 Å². The molecule has 90 valence electrons. The summed E-state index contributed by atoms with van der Waals surface area (Å²) in [6.45, 7) is 0.402. The average molecular weight is 300 g/mol. The fourth-order valence-electron chi connectivity index (χ4n) is 1.36. The van der Waals surface area contributed by atoms with Crippen LogP contribution in [0, 0.1) is 0 Å². The Morgan fingerprint density at radius 2 is 2.35 bits per heavy atom. The first kappa shape index (κ1) is 11.9. The van der Waals surface area contributed by atoms with Gasteiger partial charge in [-0.3, -0.25) is 4.68 Å². The van der Waals surface area contributed by atoms with Gasteiger partial charge in [0.05, 0.1) is 18.1 Å². The molecule has 0 saturated carbocycles. The molecule has 1 N–H and O–H groups in total. The number of rotatable bonds is 4. The number of anilines is 1. The number of halogens is 2. The van der Waals surface area contributed by atoms with Crippen molar-refractivity contribution >= 4 is 21.6 Å². The van der Waals surface area contributed by atoms with Crippen LogP contribution in [0.4, 0.5) is 10.2 Å². The highest BCUT2D eigenvalue weighted by atomic mass is 79.9. The Morgan fingerprint density at radius 3 is 2.94 bits per heavy atom. The zero-order valence-electron chi connectivity index (χ0n) is 9.15. The Labute approximate surface area is 106 Å². The maximum Gasteiger partial charge on any atom is 0.157 e. The van der Waals surface area contributed by atoms with E-state index in [0.29, 0.717) is 18.0 Å². The van der Waals surface area contributed by atoms with Crippen LogP contribution in [0.3, 0.4) is 0 Å². The molecule has 4 nitrogen and oxygen atoms in total. The van der Waals surface area contributed by atoms with E-state index in [4.69, 9.17) is 4.74 Å². The third kappa shape index (κ3) is 2.97. The summed E-state index contributed by atoms with van der Waals surface area (Å²) in [7, 11) is 1.82. The van der Waals surface area contributed by atoms with E-state index in [9.17, 15) is 4.48 Å². The first-order valence-corrected chi connectivity index (χ1v) is 5.75. The van der Waals surface area contributed by atoms with Crippen LogP contribution in [-0.4, -0.2) is 9.78 Å². The highest BCUT2D eigenvalue weighted by molar-refractivity contribution is 9.10. The average Bonchev–Trinajstić information content (AvgIpc) is 2.73. The van der Waals surface area contributed by atoms with Gasteiger partial charge in [0.15, 0.2) is 5.75 Å². The lowest BCUT2D eigenvalue weighted by Crippen LogP contribution is -1.96. The predicted octanol–water partition coefficient (Wildman–Crippen LogP) is 3.06. The fraction of sp³-hybridized carbons (Fsp3) is 0.182. The number of aromatic nitrogens is 2. The number of ether oxygens (including phenoxy) is 1. The zero-order valence-corrected chi connectivity index (χ0v) is 10.7. The molecule has 1 aromatic carbocycles. The summed E-state index contributed by atoms with van der Waals surface area (Å²) >= 11 is 3.36. The van der Waals surface area contributed by atoms with Gasteiger partial charge in [-0.05, 0) is 12.1 Å². The Hall–Kier alpha value is -1.56. The normalized spacial score (nSPS) is 10.3. The minimum absolute atomic E-state index is 0.402. The molecule has 0 radical (unpaired) electrons. The zero-order chi connectivity index (χ0) is 12.3. The number of aryl methyl sites for hydroxylation is 1. The molecule has 1 heterocycles. The van der Waals surface area contributed by atoms with Crippen LogP contribution < -0.4 is 10.3 Å². The Morgan fingerprint density at radius 1 is 1.53 bits per heavy atom. The standard InChI is InChI=1S/C11H11BrFN3O/c1-16-6-10(5-14-16)17-7-8-2-3-9(15-13)4-11(8)12/h2-6,15H,7H2,1H3. The van der Waals surface area contributed by atoms with Gasteiger partial charge in [-0.15, -0.1) is 4.48 Å². The van der Waals surface area contributed by atoms with Crippen molar-refractivity contribution < 1.29 is 9.22 Å². The second-order valence-corrected chi connectivity index (χ2v) is 4.39. The number of hydrogen-bond acceptors (Lipinski definition) is 3. The molecule has 0 saturated heterocycles. The summed E-state index contributed by atoms with van der Waals surface area (Å²) in [5, 5.41) is 4.00. The number of benzene rings is 1. The lowest BCUT2D eigenvalue weighted by atomic mass is 10.2. The van der Waals surface area contributed by atoms with Gasteiger partial charge in [0.1, 0.15) is 6.61 Å². The maximum absolute atomic E-state index is 12.2. The Balaban J connectivity index is 2.04. The molecule has 17 heavy (non-hydrogen) atoms. The highest BCUT2D eigenvalue weighted by Gasteiger charge is 2.03. The van der Waals surface area contributed by atoms with Crippen molar-refractivity contribution in [2.75, 3.05) is 5.54 Å². The molecule has 2 rings (SSSR count). The van der Waals surface area contributed by atoms with Crippen molar-refractivity contribution in [3.05, 3.63) is 40.6 Å². The van der Waals surface area contributed by atoms with Crippen LogP contribution in [0.2, 0.25) is 0 Å². The molecule has 0 aliphatic heterocycles. The Kier molecular flexibility index (Phi) is 3.63. The van der Waals surface area contributed by atoms with Crippen molar-refractivity contribution in [3.8, 4) is 5.75 Å². The van der Waals surface area contributed by atoms with Gasteiger partial charge in [0.2, 0.25) is 0 Å². The number of nitrogens with one attached hydrogen (secondary N) is 1. The third-order valence-corrected chi connectivity index (χ3v) is 2.98. The first-order chi connectivity index (χ1) is 8.19. The van der Waals surface area contributed by atoms with Gasteiger partial charge < -0.3 is 4.74 Å².